The van der Waals surface area contributed by atoms with Crippen LogP contribution >= 0.6 is 11.8 Å². The predicted molar refractivity (Wildman–Crippen MR) is 106 cm³/mol. The van der Waals surface area contributed by atoms with Crippen LogP contribution in [-0.2, 0) is 18.9 Å². The van der Waals surface area contributed by atoms with Gasteiger partial charge in [-0.1, -0.05) is 63.7 Å². The Hall–Kier alpha value is -2.08. The molecule has 0 unspecified atom stereocenters. The second-order valence-corrected chi connectivity index (χ2v) is 9.14. The second-order valence-electron chi connectivity index (χ2n) is 7.60. The van der Waals surface area contributed by atoms with E-state index < -0.39 is 0 Å². The molecule has 4 rings (SSSR count). The summed E-state index contributed by atoms with van der Waals surface area (Å²) in [4.78, 5) is 18.6. The molecule has 3 aromatic rings. The van der Waals surface area contributed by atoms with Gasteiger partial charge in [-0.05, 0) is 18.4 Å². The average molecular weight is 369 g/mol. The minimum atomic E-state index is -0.218. The van der Waals surface area contributed by atoms with Gasteiger partial charge in [0.05, 0.1) is 11.3 Å². The quantitative estimate of drug-likeness (QED) is 0.660. The zero-order chi connectivity index (χ0) is 18.6. The number of fused-ring (bicyclic) bond motifs is 4. The van der Waals surface area contributed by atoms with E-state index in [0.717, 1.165) is 34.8 Å². The molecule has 2 heterocycles. The fraction of sp³-hybridized carbons (Fsp3) is 0.450. The number of aryl methyl sites for hydroxylation is 1. The Balaban J connectivity index is 2.12. The van der Waals surface area contributed by atoms with Crippen LogP contribution < -0.4 is 5.56 Å². The Morgan fingerprint density at radius 3 is 2.73 bits per heavy atom. The van der Waals surface area contributed by atoms with E-state index in [9.17, 15) is 4.79 Å². The molecule has 0 saturated carbocycles. The van der Waals surface area contributed by atoms with Crippen molar-refractivity contribution in [2.24, 2.45) is 7.05 Å². The standard InChI is InChI=1S/C20H24N4OS/c1-6-20(4)11-13-9-7-8-10-14(13)16-15(20)17(25)24-18(21-16)23(5)22-19(24)26-12(2)3/h7-10,12H,6,11H2,1-5H3/t20-/m0/s1. The Morgan fingerprint density at radius 1 is 1.31 bits per heavy atom. The van der Waals surface area contributed by atoms with Crippen LogP contribution in [0.4, 0.5) is 0 Å². The number of benzene rings is 1. The highest BCUT2D eigenvalue weighted by Gasteiger charge is 2.38. The molecule has 0 amide bonds. The molecule has 0 saturated heterocycles. The first-order chi connectivity index (χ1) is 12.4. The number of rotatable bonds is 3. The van der Waals surface area contributed by atoms with Crippen LogP contribution in [0.15, 0.2) is 34.2 Å². The van der Waals surface area contributed by atoms with Crippen LogP contribution in [0.5, 0.6) is 0 Å². The lowest BCUT2D eigenvalue weighted by Crippen LogP contribution is -2.37. The van der Waals surface area contributed by atoms with Gasteiger partial charge in [0.15, 0.2) is 5.16 Å². The van der Waals surface area contributed by atoms with Crippen molar-refractivity contribution in [1.29, 1.82) is 0 Å². The summed E-state index contributed by atoms with van der Waals surface area (Å²) in [6.07, 6.45) is 1.76. The van der Waals surface area contributed by atoms with Crippen LogP contribution in [0.1, 0.15) is 45.2 Å². The van der Waals surface area contributed by atoms with Gasteiger partial charge in [0, 0.05) is 23.3 Å². The molecule has 0 N–H and O–H groups in total. The molecule has 2 aromatic heterocycles. The third kappa shape index (κ3) is 2.42. The molecule has 6 heteroatoms. The highest BCUT2D eigenvalue weighted by Crippen LogP contribution is 2.42. The predicted octanol–water partition coefficient (Wildman–Crippen LogP) is 3.82. The molecule has 1 aromatic carbocycles. The fourth-order valence-corrected chi connectivity index (χ4v) is 4.72. The lowest BCUT2D eigenvalue weighted by atomic mass is 9.69. The van der Waals surface area contributed by atoms with Gasteiger partial charge in [-0.3, -0.25) is 4.79 Å². The van der Waals surface area contributed by atoms with Crippen LogP contribution in [0.3, 0.4) is 0 Å². The molecule has 26 heavy (non-hydrogen) atoms. The molecule has 1 atom stereocenters. The van der Waals surface area contributed by atoms with Crippen LogP contribution in [-0.4, -0.2) is 24.4 Å². The molecule has 0 fully saturated rings. The van der Waals surface area contributed by atoms with E-state index in [1.807, 2.05) is 13.1 Å². The zero-order valence-corrected chi connectivity index (χ0v) is 16.7. The molecule has 1 aliphatic rings. The minimum Gasteiger partial charge on any atom is -0.268 e. The first kappa shape index (κ1) is 17.3. The lowest BCUT2D eigenvalue weighted by molar-refractivity contribution is 0.439. The van der Waals surface area contributed by atoms with E-state index in [2.05, 4.69) is 51.0 Å². The Labute approximate surface area is 157 Å². The van der Waals surface area contributed by atoms with Gasteiger partial charge in [-0.2, -0.15) is 0 Å². The largest absolute Gasteiger partial charge is 0.268 e. The van der Waals surface area contributed by atoms with Crippen molar-refractivity contribution in [2.45, 2.75) is 56.4 Å². The van der Waals surface area contributed by atoms with Gasteiger partial charge in [0.2, 0.25) is 5.78 Å². The van der Waals surface area contributed by atoms with Crippen LogP contribution in [0.25, 0.3) is 17.0 Å². The smallest absolute Gasteiger partial charge is 0.265 e. The molecule has 5 nitrogen and oxygen atoms in total. The number of thioether (sulfide) groups is 1. The summed E-state index contributed by atoms with van der Waals surface area (Å²) in [7, 11) is 1.85. The van der Waals surface area contributed by atoms with Crippen molar-refractivity contribution in [2.75, 3.05) is 0 Å². The van der Waals surface area contributed by atoms with Gasteiger partial charge in [-0.25, -0.2) is 14.1 Å². The molecule has 136 valence electrons. The van der Waals surface area contributed by atoms with E-state index in [0.29, 0.717) is 11.0 Å². The molecule has 0 aliphatic heterocycles. The molecule has 0 radical (unpaired) electrons. The van der Waals surface area contributed by atoms with Crippen molar-refractivity contribution >= 4 is 17.5 Å². The normalized spacial score (nSPS) is 19.0. The van der Waals surface area contributed by atoms with Gasteiger partial charge in [0.1, 0.15) is 0 Å². The van der Waals surface area contributed by atoms with Crippen molar-refractivity contribution in [3.05, 3.63) is 45.7 Å². The molecule has 0 spiro atoms. The number of nitrogens with zero attached hydrogens (tertiary/aromatic N) is 4. The highest BCUT2D eigenvalue weighted by atomic mass is 32.2. The monoisotopic (exact) mass is 368 g/mol. The highest BCUT2D eigenvalue weighted by molar-refractivity contribution is 7.99. The van der Waals surface area contributed by atoms with E-state index in [1.54, 1.807) is 20.8 Å². The first-order valence-corrected chi connectivity index (χ1v) is 9.99. The van der Waals surface area contributed by atoms with Crippen molar-refractivity contribution in [3.8, 4) is 11.3 Å². The molecular formula is C20H24N4OS. The summed E-state index contributed by atoms with van der Waals surface area (Å²) < 4.78 is 3.41. The molecule has 1 aliphatic carbocycles. The second kappa shape index (κ2) is 5.98. The number of hydrogen-bond acceptors (Lipinski definition) is 4. The summed E-state index contributed by atoms with van der Waals surface area (Å²) in [5, 5.41) is 5.63. The van der Waals surface area contributed by atoms with Crippen molar-refractivity contribution in [3.63, 3.8) is 0 Å². The van der Waals surface area contributed by atoms with E-state index in [4.69, 9.17) is 4.98 Å². The Kier molecular flexibility index (Phi) is 3.99. The first-order valence-electron chi connectivity index (χ1n) is 9.11. The van der Waals surface area contributed by atoms with E-state index in [1.165, 1.54) is 5.56 Å². The van der Waals surface area contributed by atoms with E-state index in [-0.39, 0.29) is 11.0 Å². The maximum Gasteiger partial charge on any atom is 0.265 e. The maximum absolute atomic E-state index is 13.6. The van der Waals surface area contributed by atoms with E-state index >= 15 is 0 Å². The number of aromatic nitrogens is 4. The molecular weight excluding hydrogens is 344 g/mol. The summed E-state index contributed by atoms with van der Waals surface area (Å²) in [5.74, 6) is 0.604. The lowest BCUT2D eigenvalue weighted by Gasteiger charge is -2.34. The van der Waals surface area contributed by atoms with Crippen molar-refractivity contribution in [1.82, 2.24) is 19.2 Å². The third-order valence-electron chi connectivity index (χ3n) is 5.36. The average Bonchev–Trinajstić information content (AvgIpc) is 2.90. The molecule has 0 bridgehead atoms. The minimum absolute atomic E-state index is 0.0279. The topological polar surface area (TPSA) is 52.2 Å². The number of hydrogen-bond donors (Lipinski definition) is 0. The summed E-state index contributed by atoms with van der Waals surface area (Å²) in [5.41, 5.74) is 3.80. The van der Waals surface area contributed by atoms with Gasteiger partial charge >= 0.3 is 0 Å². The fourth-order valence-electron chi connectivity index (χ4n) is 3.86. The third-order valence-corrected chi connectivity index (χ3v) is 6.31. The van der Waals surface area contributed by atoms with Gasteiger partial charge in [-0.15, -0.1) is 5.10 Å². The summed E-state index contributed by atoms with van der Waals surface area (Å²) in [6.45, 7) is 8.55. The van der Waals surface area contributed by atoms with Gasteiger partial charge in [0.25, 0.3) is 5.56 Å². The Morgan fingerprint density at radius 2 is 2.04 bits per heavy atom. The summed E-state index contributed by atoms with van der Waals surface area (Å²) >= 11 is 1.60. The van der Waals surface area contributed by atoms with Crippen LogP contribution in [0, 0.1) is 0 Å². The Bertz CT molecular complexity index is 1070. The maximum atomic E-state index is 13.6. The van der Waals surface area contributed by atoms with Crippen molar-refractivity contribution < 1.29 is 0 Å². The summed E-state index contributed by atoms with van der Waals surface area (Å²) in [6, 6.07) is 8.31. The SMILES string of the molecule is CC[C@@]1(C)Cc2ccccc2-c2nc3n(C)nc(SC(C)C)n3c(=O)c21. The van der Waals surface area contributed by atoms with Crippen LogP contribution in [0.2, 0.25) is 0 Å². The van der Waals surface area contributed by atoms with Gasteiger partial charge < -0.3 is 0 Å². The zero-order valence-electron chi connectivity index (χ0n) is 15.9.